The minimum absolute atomic E-state index is 0.224. The molecule has 4 N–H and O–H groups in total. The molecule has 0 radical (unpaired) electrons. The van der Waals surface area contributed by atoms with Crippen LogP contribution in [0.25, 0.3) is 0 Å². The Hall–Kier alpha value is -1.52. The van der Waals surface area contributed by atoms with Crippen molar-refractivity contribution in [2.45, 2.75) is 20.4 Å². The summed E-state index contributed by atoms with van der Waals surface area (Å²) >= 11 is 0. The lowest BCUT2D eigenvalue weighted by Crippen LogP contribution is -2.25. The van der Waals surface area contributed by atoms with Gasteiger partial charge in [-0.25, -0.2) is 0 Å². The fraction of sp³-hybridized carbons (Fsp3) is 0.500. The van der Waals surface area contributed by atoms with E-state index in [0.717, 1.165) is 5.69 Å². The summed E-state index contributed by atoms with van der Waals surface area (Å²) in [6.07, 6.45) is 1.57. The summed E-state index contributed by atoms with van der Waals surface area (Å²) in [6.45, 7) is 4.11. The van der Waals surface area contributed by atoms with Crippen LogP contribution in [0.15, 0.2) is 6.20 Å². The van der Waals surface area contributed by atoms with Crippen LogP contribution in [-0.2, 0) is 11.3 Å². The summed E-state index contributed by atoms with van der Waals surface area (Å²) in [5.41, 5.74) is 12.2. The molecule has 1 rings (SSSR count). The highest BCUT2D eigenvalue weighted by Gasteiger charge is 2.11. The number of hydrogen-bond donors (Lipinski definition) is 2. The van der Waals surface area contributed by atoms with Crippen molar-refractivity contribution < 1.29 is 4.79 Å². The maximum absolute atomic E-state index is 10.8. The highest BCUT2D eigenvalue weighted by atomic mass is 16.1. The smallest absolute Gasteiger partial charge is 0.222 e. The van der Waals surface area contributed by atoms with E-state index in [1.54, 1.807) is 17.8 Å². The number of amides is 1. The molecule has 0 saturated heterocycles. The Morgan fingerprint density at radius 1 is 1.77 bits per heavy atom. The van der Waals surface area contributed by atoms with Crippen molar-refractivity contribution in [1.29, 1.82) is 0 Å². The van der Waals surface area contributed by atoms with Gasteiger partial charge >= 0.3 is 0 Å². The summed E-state index contributed by atoms with van der Waals surface area (Å²) in [5, 5.41) is 4.02. The first-order chi connectivity index (χ1) is 6.02. The average Bonchev–Trinajstić information content (AvgIpc) is 2.36. The fourth-order valence-electron chi connectivity index (χ4n) is 0.994. The first kappa shape index (κ1) is 9.57. The standard InChI is InChI=1S/C8H14N4O/c1-5(8(10)13)4-12-6(2)7(9)3-11-12/h3,5H,4,9H2,1-2H3,(H2,10,13). The van der Waals surface area contributed by atoms with Crippen molar-refractivity contribution in [3.05, 3.63) is 11.9 Å². The van der Waals surface area contributed by atoms with Crippen LogP contribution in [0.1, 0.15) is 12.6 Å². The third kappa shape index (κ3) is 1.99. The molecule has 0 aliphatic rings. The van der Waals surface area contributed by atoms with Crippen LogP contribution in [-0.4, -0.2) is 15.7 Å². The van der Waals surface area contributed by atoms with E-state index in [4.69, 9.17) is 11.5 Å². The first-order valence-electron chi connectivity index (χ1n) is 4.09. The Morgan fingerprint density at radius 2 is 2.38 bits per heavy atom. The van der Waals surface area contributed by atoms with Crippen molar-refractivity contribution in [3.8, 4) is 0 Å². The Morgan fingerprint density at radius 3 is 2.77 bits per heavy atom. The molecule has 0 saturated carbocycles. The second-order valence-electron chi connectivity index (χ2n) is 3.17. The predicted octanol–water partition coefficient (Wildman–Crippen LogP) is -0.105. The number of nitrogens with two attached hydrogens (primary N) is 2. The van der Waals surface area contributed by atoms with Gasteiger partial charge in [-0.3, -0.25) is 9.48 Å². The maximum atomic E-state index is 10.8. The van der Waals surface area contributed by atoms with Crippen LogP contribution in [0.4, 0.5) is 5.69 Å². The van der Waals surface area contributed by atoms with Crippen molar-refractivity contribution >= 4 is 11.6 Å². The number of nitrogen functional groups attached to an aromatic ring is 1. The minimum atomic E-state index is -0.325. The van der Waals surface area contributed by atoms with Crippen LogP contribution in [0.2, 0.25) is 0 Å². The molecular weight excluding hydrogens is 168 g/mol. The van der Waals surface area contributed by atoms with Crippen LogP contribution in [0, 0.1) is 12.8 Å². The number of primary amides is 1. The number of carbonyl (C=O) groups excluding carboxylic acids is 1. The van der Waals surface area contributed by atoms with Crippen LogP contribution in [0.5, 0.6) is 0 Å². The number of anilines is 1. The van der Waals surface area contributed by atoms with Gasteiger partial charge in [0.25, 0.3) is 0 Å². The number of hydrogen-bond acceptors (Lipinski definition) is 3. The van der Waals surface area contributed by atoms with Crippen molar-refractivity contribution in [2.24, 2.45) is 11.7 Å². The second kappa shape index (κ2) is 3.47. The molecular formula is C8H14N4O. The molecule has 0 fully saturated rings. The molecule has 5 heteroatoms. The molecule has 1 amide bonds. The van der Waals surface area contributed by atoms with E-state index in [0.29, 0.717) is 12.2 Å². The first-order valence-corrected chi connectivity index (χ1v) is 4.09. The maximum Gasteiger partial charge on any atom is 0.222 e. The van der Waals surface area contributed by atoms with E-state index >= 15 is 0 Å². The third-order valence-corrected chi connectivity index (χ3v) is 2.07. The van der Waals surface area contributed by atoms with E-state index in [2.05, 4.69) is 5.10 Å². The Bertz CT molecular complexity index is 318. The average molecular weight is 182 g/mol. The van der Waals surface area contributed by atoms with E-state index in [9.17, 15) is 4.79 Å². The molecule has 0 bridgehead atoms. The minimum Gasteiger partial charge on any atom is -0.396 e. The van der Waals surface area contributed by atoms with Crippen molar-refractivity contribution in [2.75, 3.05) is 5.73 Å². The van der Waals surface area contributed by atoms with E-state index in [1.807, 2.05) is 6.92 Å². The normalized spacial score (nSPS) is 12.8. The highest BCUT2D eigenvalue weighted by Crippen LogP contribution is 2.10. The highest BCUT2D eigenvalue weighted by molar-refractivity contribution is 5.76. The third-order valence-electron chi connectivity index (χ3n) is 2.07. The largest absolute Gasteiger partial charge is 0.396 e. The zero-order valence-corrected chi connectivity index (χ0v) is 7.82. The lowest BCUT2D eigenvalue weighted by Gasteiger charge is -2.08. The van der Waals surface area contributed by atoms with E-state index in [-0.39, 0.29) is 11.8 Å². The van der Waals surface area contributed by atoms with Gasteiger partial charge in [-0.15, -0.1) is 0 Å². The van der Waals surface area contributed by atoms with E-state index in [1.165, 1.54) is 0 Å². The zero-order valence-electron chi connectivity index (χ0n) is 7.82. The van der Waals surface area contributed by atoms with Crippen LogP contribution in [0.3, 0.4) is 0 Å². The lowest BCUT2D eigenvalue weighted by molar-refractivity contribution is -0.121. The monoisotopic (exact) mass is 182 g/mol. The molecule has 0 aliphatic carbocycles. The fourth-order valence-corrected chi connectivity index (χ4v) is 0.994. The Labute approximate surface area is 76.7 Å². The molecule has 1 aromatic heterocycles. The Balaban J connectivity index is 2.74. The van der Waals surface area contributed by atoms with Gasteiger partial charge in [-0.2, -0.15) is 5.10 Å². The Kier molecular flexibility index (Phi) is 2.55. The van der Waals surface area contributed by atoms with Gasteiger partial charge in [0.1, 0.15) is 0 Å². The molecule has 1 heterocycles. The molecule has 13 heavy (non-hydrogen) atoms. The van der Waals surface area contributed by atoms with E-state index < -0.39 is 0 Å². The summed E-state index contributed by atoms with van der Waals surface area (Å²) < 4.78 is 1.69. The zero-order chi connectivity index (χ0) is 10.0. The van der Waals surface area contributed by atoms with Crippen LogP contribution >= 0.6 is 0 Å². The summed E-state index contributed by atoms with van der Waals surface area (Å²) in [7, 11) is 0. The summed E-state index contributed by atoms with van der Waals surface area (Å²) in [4.78, 5) is 10.8. The van der Waals surface area contributed by atoms with Crippen molar-refractivity contribution in [1.82, 2.24) is 9.78 Å². The number of aromatic nitrogens is 2. The van der Waals surface area contributed by atoms with Crippen molar-refractivity contribution in [3.63, 3.8) is 0 Å². The van der Waals surface area contributed by atoms with Gasteiger partial charge in [0, 0.05) is 0 Å². The lowest BCUT2D eigenvalue weighted by atomic mass is 10.2. The molecule has 0 aromatic carbocycles. The topological polar surface area (TPSA) is 86.9 Å². The summed E-state index contributed by atoms with van der Waals surface area (Å²) in [6, 6.07) is 0. The van der Waals surface area contributed by atoms with Gasteiger partial charge in [0.15, 0.2) is 0 Å². The molecule has 1 unspecified atom stereocenters. The van der Waals surface area contributed by atoms with Crippen LogP contribution < -0.4 is 11.5 Å². The van der Waals surface area contributed by atoms with Gasteiger partial charge in [0.05, 0.1) is 30.0 Å². The summed E-state index contributed by atoms with van der Waals surface area (Å²) in [5.74, 6) is -0.550. The van der Waals surface area contributed by atoms with Gasteiger partial charge in [0.2, 0.25) is 5.91 Å². The molecule has 0 aliphatic heterocycles. The molecule has 72 valence electrons. The molecule has 0 spiro atoms. The molecule has 1 aromatic rings. The number of nitrogens with zero attached hydrogens (tertiary/aromatic N) is 2. The SMILES string of the molecule is Cc1c(N)cnn1CC(C)C(N)=O. The van der Waals surface area contributed by atoms with Gasteiger partial charge in [-0.05, 0) is 6.92 Å². The predicted molar refractivity (Wildman–Crippen MR) is 49.7 cm³/mol. The molecule has 5 nitrogen and oxygen atoms in total. The number of carbonyl (C=O) groups is 1. The second-order valence-corrected chi connectivity index (χ2v) is 3.17. The van der Waals surface area contributed by atoms with Gasteiger partial charge in [-0.1, -0.05) is 6.92 Å². The van der Waals surface area contributed by atoms with Gasteiger partial charge < -0.3 is 11.5 Å². The quantitative estimate of drug-likeness (QED) is 0.684. The number of rotatable bonds is 3. The molecule has 1 atom stereocenters.